The van der Waals surface area contributed by atoms with Crippen molar-refractivity contribution < 1.29 is 9.53 Å². The summed E-state index contributed by atoms with van der Waals surface area (Å²) in [6, 6.07) is 9.00. The molecule has 1 unspecified atom stereocenters. The first kappa shape index (κ1) is 16.4. The lowest BCUT2D eigenvalue weighted by atomic mass is 10.1. The topological polar surface area (TPSA) is 100 Å². The second kappa shape index (κ2) is 9.26. The van der Waals surface area contributed by atoms with Gasteiger partial charge in [-0.25, -0.2) is 4.79 Å². The number of nitrogens with one attached hydrogen (secondary N) is 3. The van der Waals surface area contributed by atoms with Crippen molar-refractivity contribution in [3.05, 3.63) is 35.9 Å². The van der Waals surface area contributed by atoms with Crippen LogP contribution in [0.25, 0.3) is 0 Å². The highest BCUT2D eigenvalue weighted by Gasteiger charge is 2.10. The van der Waals surface area contributed by atoms with Gasteiger partial charge in [0.2, 0.25) is 0 Å². The SMILES string of the molecule is C#CC(CCCNC(=N)N)NC(=O)OCc1ccccc1. The Hall–Kier alpha value is -2.68. The summed E-state index contributed by atoms with van der Waals surface area (Å²) < 4.78 is 5.09. The van der Waals surface area contributed by atoms with Gasteiger partial charge in [-0.05, 0) is 18.4 Å². The van der Waals surface area contributed by atoms with E-state index in [0.717, 1.165) is 5.56 Å². The molecule has 21 heavy (non-hydrogen) atoms. The van der Waals surface area contributed by atoms with Crippen LogP contribution in [0.2, 0.25) is 0 Å². The summed E-state index contributed by atoms with van der Waals surface area (Å²) in [5.41, 5.74) is 6.07. The van der Waals surface area contributed by atoms with Gasteiger partial charge in [0, 0.05) is 6.54 Å². The van der Waals surface area contributed by atoms with Crippen LogP contribution in [0.3, 0.4) is 0 Å². The summed E-state index contributed by atoms with van der Waals surface area (Å²) in [5.74, 6) is 2.41. The summed E-state index contributed by atoms with van der Waals surface area (Å²) >= 11 is 0. The van der Waals surface area contributed by atoms with Crippen molar-refractivity contribution in [2.45, 2.75) is 25.5 Å². The average Bonchev–Trinajstić information content (AvgIpc) is 2.49. The molecule has 1 aromatic rings. The van der Waals surface area contributed by atoms with Crippen molar-refractivity contribution in [2.24, 2.45) is 5.73 Å². The molecule has 1 rings (SSSR count). The number of benzene rings is 1. The lowest BCUT2D eigenvalue weighted by Gasteiger charge is -2.13. The first-order valence-corrected chi connectivity index (χ1v) is 6.63. The zero-order valence-corrected chi connectivity index (χ0v) is 11.8. The minimum absolute atomic E-state index is 0.0810. The summed E-state index contributed by atoms with van der Waals surface area (Å²) in [5, 5.41) is 12.3. The highest BCUT2D eigenvalue weighted by Crippen LogP contribution is 2.01. The number of carbonyl (C=O) groups is 1. The average molecular weight is 288 g/mol. The molecular weight excluding hydrogens is 268 g/mol. The van der Waals surface area contributed by atoms with Crippen molar-refractivity contribution in [1.29, 1.82) is 5.41 Å². The number of hydrogen-bond acceptors (Lipinski definition) is 3. The van der Waals surface area contributed by atoms with E-state index in [2.05, 4.69) is 16.6 Å². The zero-order chi connectivity index (χ0) is 15.5. The van der Waals surface area contributed by atoms with E-state index in [1.165, 1.54) is 0 Å². The number of rotatable bonds is 7. The van der Waals surface area contributed by atoms with Gasteiger partial charge in [-0.15, -0.1) is 6.42 Å². The largest absolute Gasteiger partial charge is 0.445 e. The molecule has 1 aromatic carbocycles. The van der Waals surface area contributed by atoms with Crippen LogP contribution in [0.4, 0.5) is 4.79 Å². The first-order valence-electron chi connectivity index (χ1n) is 6.63. The predicted octanol–water partition coefficient (Wildman–Crippen LogP) is 1.18. The van der Waals surface area contributed by atoms with Gasteiger partial charge < -0.3 is 21.1 Å². The normalized spacial score (nSPS) is 11.0. The molecule has 0 radical (unpaired) electrons. The van der Waals surface area contributed by atoms with Crippen LogP contribution in [0.5, 0.6) is 0 Å². The fourth-order valence-electron chi connectivity index (χ4n) is 1.63. The highest BCUT2D eigenvalue weighted by molar-refractivity contribution is 5.74. The number of alkyl carbamates (subject to hydrolysis) is 1. The zero-order valence-electron chi connectivity index (χ0n) is 11.8. The molecule has 0 aliphatic heterocycles. The van der Waals surface area contributed by atoms with E-state index in [-0.39, 0.29) is 12.6 Å². The third-order valence-corrected chi connectivity index (χ3v) is 2.69. The number of nitrogens with two attached hydrogens (primary N) is 1. The van der Waals surface area contributed by atoms with E-state index in [9.17, 15) is 4.79 Å². The molecule has 6 nitrogen and oxygen atoms in total. The van der Waals surface area contributed by atoms with Crippen LogP contribution in [-0.2, 0) is 11.3 Å². The number of carbonyl (C=O) groups excluding carboxylic acids is 1. The Morgan fingerprint density at radius 2 is 2.14 bits per heavy atom. The summed E-state index contributed by atoms with van der Waals surface area (Å²) in [6.45, 7) is 0.740. The molecule has 0 spiro atoms. The number of terminal acetylenes is 1. The maximum Gasteiger partial charge on any atom is 0.408 e. The van der Waals surface area contributed by atoms with Crippen molar-refractivity contribution in [1.82, 2.24) is 10.6 Å². The number of ether oxygens (including phenoxy) is 1. The van der Waals surface area contributed by atoms with Crippen molar-refractivity contribution in [2.75, 3.05) is 6.54 Å². The van der Waals surface area contributed by atoms with Crippen LogP contribution in [0, 0.1) is 17.8 Å². The summed E-state index contributed by atoms with van der Waals surface area (Å²) in [6.07, 6.45) is 6.09. The number of guanidine groups is 1. The fraction of sp³-hybridized carbons (Fsp3) is 0.333. The molecule has 112 valence electrons. The van der Waals surface area contributed by atoms with E-state index >= 15 is 0 Å². The van der Waals surface area contributed by atoms with Crippen LogP contribution in [-0.4, -0.2) is 24.6 Å². The quantitative estimate of drug-likeness (QED) is 0.262. The van der Waals surface area contributed by atoms with Gasteiger partial charge in [0.15, 0.2) is 5.96 Å². The molecule has 5 N–H and O–H groups in total. The maximum absolute atomic E-state index is 11.6. The van der Waals surface area contributed by atoms with E-state index in [4.69, 9.17) is 22.3 Å². The van der Waals surface area contributed by atoms with Crippen molar-refractivity contribution in [3.63, 3.8) is 0 Å². The third kappa shape index (κ3) is 7.47. The Bertz CT molecular complexity index is 496. The third-order valence-electron chi connectivity index (χ3n) is 2.69. The lowest BCUT2D eigenvalue weighted by molar-refractivity contribution is 0.137. The summed E-state index contributed by atoms with van der Waals surface area (Å²) in [7, 11) is 0. The Labute approximate surface area is 124 Å². The van der Waals surface area contributed by atoms with Gasteiger partial charge in [-0.1, -0.05) is 36.3 Å². The second-order valence-electron chi connectivity index (χ2n) is 4.41. The van der Waals surface area contributed by atoms with Crippen LogP contribution < -0.4 is 16.4 Å². The van der Waals surface area contributed by atoms with Gasteiger partial charge in [-0.3, -0.25) is 5.41 Å². The Morgan fingerprint density at radius 3 is 2.76 bits per heavy atom. The Kier molecular flexibility index (Phi) is 7.22. The molecule has 1 amide bonds. The molecule has 0 fully saturated rings. The lowest BCUT2D eigenvalue weighted by Crippen LogP contribution is -2.36. The predicted molar refractivity (Wildman–Crippen MR) is 81.5 cm³/mol. The Morgan fingerprint density at radius 1 is 1.43 bits per heavy atom. The minimum atomic E-state index is -0.540. The maximum atomic E-state index is 11.6. The molecule has 0 saturated carbocycles. The van der Waals surface area contributed by atoms with E-state index in [1.807, 2.05) is 30.3 Å². The van der Waals surface area contributed by atoms with Crippen LogP contribution in [0.15, 0.2) is 30.3 Å². The van der Waals surface area contributed by atoms with Gasteiger partial charge in [0.05, 0.1) is 6.04 Å². The van der Waals surface area contributed by atoms with Crippen molar-refractivity contribution in [3.8, 4) is 12.3 Å². The molecule has 0 aromatic heterocycles. The van der Waals surface area contributed by atoms with E-state index < -0.39 is 12.1 Å². The van der Waals surface area contributed by atoms with Gasteiger partial charge in [0.25, 0.3) is 0 Å². The number of amides is 1. The van der Waals surface area contributed by atoms with Crippen LogP contribution >= 0.6 is 0 Å². The summed E-state index contributed by atoms with van der Waals surface area (Å²) in [4.78, 5) is 11.6. The smallest absolute Gasteiger partial charge is 0.408 e. The minimum Gasteiger partial charge on any atom is -0.445 e. The molecule has 0 saturated heterocycles. The molecular formula is C15H20N4O2. The molecule has 0 heterocycles. The standard InChI is InChI=1S/C15H20N4O2/c1-2-13(9-6-10-18-14(16)17)19-15(20)21-11-12-7-4-3-5-8-12/h1,3-5,7-8,13H,6,9-11H2,(H,19,20)(H4,16,17,18). The molecule has 0 aliphatic carbocycles. The van der Waals surface area contributed by atoms with Gasteiger partial charge in [-0.2, -0.15) is 0 Å². The second-order valence-corrected chi connectivity index (χ2v) is 4.41. The molecule has 0 bridgehead atoms. The fourth-order valence-corrected chi connectivity index (χ4v) is 1.63. The molecule has 1 atom stereocenters. The molecule has 6 heteroatoms. The highest BCUT2D eigenvalue weighted by atomic mass is 16.5. The van der Waals surface area contributed by atoms with Gasteiger partial charge >= 0.3 is 6.09 Å². The Balaban J connectivity index is 2.24. The molecule has 0 aliphatic rings. The first-order chi connectivity index (χ1) is 10.1. The number of hydrogen-bond donors (Lipinski definition) is 4. The van der Waals surface area contributed by atoms with Crippen molar-refractivity contribution >= 4 is 12.1 Å². The van der Waals surface area contributed by atoms with Crippen LogP contribution in [0.1, 0.15) is 18.4 Å². The van der Waals surface area contributed by atoms with E-state index in [0.29, 0.717) is 19.4 Å². The van der Waals surface area contributed by atoms with E-state index in [1.54, 1.807) is 0 Å². The van der Waals surface area contributed by atoms with Gasteiger partial charge in [0.1, 0.15) is 6.61 Å². The monoisotopic (exact) mass is 288 g/mol.